The molecule has 1 atom stereocenters. The van der Waals surface area contributed by atoms with E-state index in [9.17, 15) is 5.11 Å². The molecule has 21 heavy (non-hydrogen) atoms. The predicted octanol–water partition coefficient (Wildman–Crippen LogP) is 2.47. The highest BCUT2D eigenvalue weighted by atomic mass is 16.5. The number of rotatable bonds is 6. The van der Waals surface area contributed by atoms with Gasteiger partial charge in [0.05, 0.1) is 19.3 Å². The number of benzene rings is 2. The van der Waals surface area contributed by atoms with Crippen molar-refractivity contribution in [2.45, 2.75) is 18.9 Å². The highest BCUT2D eigenvalue weighted by Crippen LogP contribution is 2.18. The summed E-state index contributed by atoms with van der Waals surface area (Å²) in [6, 6.07) is 14.9. The molecule has 112 valence electrons. The molecule has 0 spiro atoms. The Morgan fingerprint density at radius 1 is 1.10 bits per heavy atom. The van der Waals surface area contributed by atoms with E-state index >= 15 is 0 Å². The third kappa shape index (κ3) is 3.82. The van der Waals surface area contributed by atoms with Crippen LogP contribution < -0.4 is 0 Å². The highest BCUT2D eigenvalue weighted by Gasteiger charge is 2.19. The average molecular weight is 285 g/mol. The van der Waals surface area contributed by atoms with Gasteiger partial charge in [0.2, 0.25) is 0 Å². The van der Waals surface area contributed by atoms with E-state index in [1.807, 2.05) is 0 Å². The van der Waals surface area contributed by atoms with Gasteiger partial charge >= 0.3 is 0 Å². The summed E-state index contributed by atoms with van der Waals surface area (Å²) >= 11 is 0. The molecule has 1 saturated heterocycles. The van der Waals surface area contributed by atoms with Crippen molar-refractivity contribution in [1.82, 2.24) is 4.90 Å². The Labute approximate surface area is 126 Å². The Morgan fingerprint density at radius 3 is 2.81 bits per heavy atom. The Balaban J connectivity index is 1.44. The molecule has 1 unspecified atom stereocenters. The molecule has 0 amide bonds. The third-order valence-corrected chi connectivity index (χ3v) is 4.20. The summed E-state index contributed by atoms with van der Waals surface area (Å²) < 4.78 is 5.76. The number of aliphatic hydroxyl groups excluding tert-OH is 1. The number of aliphatic hydroxyl groups is 1. The summed E-state index contributed by atoms with van der Waals surface area (Å²) in [7, 11) is 0. The second-order valence-corrected chi connectivity index (χ2v) is 5.74. The molecular formula is C18H23NO2. The van der Waals surface area contributed by atoms with Gasteiger partial charge < -0.3 is 9.84 Å². The molecule has 1 N–H and O–H groups in total. The monoisotopic (exact) mass is 285 g/mol. The number of fused-ring (bicyclic) bond motifs is 1. The molecule has 3 heteroatoms. The summed E-state index contributed by atoms with van der Waals surface area (Å²) in [6.07, 6.45) is 1.71. The zero-order valence-electron chi connectivity index (χ0n) is 12.4. The molecule has 1 fully saturated rings. The fourth-order valence-corrected chi connectivity index (χ4v) is 3.00. The number of hydrogen-bond acceptors (Lipinski definition) is 3. The van der Waals surface area contributed by atoms with Crippen molar-refractivity contribution >= 4 is 10.8 Å². The van der Waals surface area contributed by atoms with Crippen LogP contribution in [0.4, 0.5) is 0 Å². The van der Waals surface area contributed by atoms with Crippen molar-refractivity contribution in [3.63, 3.8) is 0 Å². The Kier molecular flexibility index (Phi) is 4.86. The molecule has 0 bridgehead atoms. The molecule has 0 aromatic heterocycles. The second kappa shape index (κ2) is 7.03. The average Bonchev–Trinajstić information content (AvgIpc) is 2.92. The van der Waals surface area contributed by atoms with Crippen LogP contribution in [0.2, 0.25) is 0 Å². The van der Waals surface area contributed by atoms with Crippen LogP contribution in [0.1, 0.15) is 12.0 Å². The van der Waals surface area contributed by atoms with E-state index in [0.29, 0.717) is 0 Å². The van der Waals surface area contributed by atoms with Crippen molar-refractivity contribution in [3.8, 4) is 0 Å². The van der Waals surface area contributed by atoms with Crippen molar-refractivity contribution in [2.24, 2.45) is 0 Å². The summed E-state index contributed by atoms with van der Waals surface area (Å²) in [6.45, 7) is 4.22. The first-order valence-electron chi connectivity index (χ1n) is 7.78. The topological polar surface area (TPSA) is 32.7 Å². The number of ether oxygens (including phenoxy) is 1. The first-order valence-corrected chi connectivity index (χ1v) is 7.78. The first-order chi connectivity index (χ1) is 10.3. The van der Waals surface area contributed by atoms with Gasteiger partial charge in [-0.05, 0) is 29.2 Å². The number of hydrogen-bond donors (Lipinski definition) is 1. The summed E-state index contributed by atoms with van der Waals surface area (Å²) in [4.78, 5) is 2.27. The summed E-state index contributed by atoms with van der Waals surface area (Å²) in [5.74, 6) is 0. The van der Waals surface area contributed by atoms with Gasteiger partial charge in [-0.1, -0.05) is 42.5 Å². The van der Waals surface area contributed by atoms with Crippen LogP contribution in [0.5, 0.6) is 0 Å². The van der Waals surface area contributed by atoms with E-state index in [0.717, 1.165) is 45.7 Å². The lowest BCUT2D eigenvalue weighted by molar-refractivity contribution is 0.106. The standard InChI is InChI=1S/C18H23NO2/c20-17-8-10-19(14-17)11-13-21-12-9-16-6-3-5-15-4-1-2-7-18(15)16/h1-7,17,20H,8-14H2. The Hall–Kier alpha value is -1.42. The van der Waals surface area contributed by atoms with Crippen molar-refractivity contribution in [2.75, 3.05) is 32.8 Å². The van der Waals surface area contributed by atoms with E-state index in [1.165, 1.54) is 16.3 Å². The maximum Gasteiger partial charge on any atom is 0.0679 e. The largest absolute Gasteiger partial charge is 0.392 e. The van der Waals surface area contributed by atoms with Crippen molar-refractivity contribution < 1.29 is 9.84 Å². The molecule has 2 aromatic carbocycles. The van der Waals surface area contributed by atoms with Gasteiger partial charge in [0.1, 0.15) is 0 Å². The van der Waals surface area contributed by atoms with Gasteiger partial charge in [0, 0.05) is 19.6 Å². The van der Waals surface area contributed by atoms with Crippen LogP contribution in [0.15, 0.2) is 42.5 Å². The van der Waals surface area contributed by atoms with E-state index in [1.54, 1.807) is 0 Å². The van der Waals surface area contributed by atoms with Gasteiger partial charge in [0.15, 0.2) is 0 Å². The van der Waals surface area contributed by atoms with Gasteiger partial charge in [-0.3, -0.25) is 4.90 Å². The number of nitrogens with zero attached hydrogens (tertiary/aromatic N) is 1. The SMILES string of the molecule is OC1CCN(CCOCCc2cccc3ccccc23)C1. The van der Waals surface area contributed by atoms with Crippen LogP contribution in [0.3, 0.4) is 0 Å². The van der Waals surface area contributed by atoms with Crippen molar-refractivity contribution in [3.05, 3.63) is 48.0 Å². The minimum Gasteiger partial charge on any atom is -0.392 e. The van der Waals surface area contributed by atoms with Crippen LogP contribution in [-0.2, 0) is 11.2 Å². The molecule has 1 aliphatic heterocycles. The van der Waals surface area contributed by atoms with Crippen LogP contribution in [0, 0.1) is 0 Å². The Morgan fingerprint density at radius 2 is 1.95 bits per heavy atom. The molecule has 3 nitrogen and oxygen atoms in total. The van der Waals surface area contributed by atoms with Gasteiger partial charge in [0.25, 0.3) is 0 Å². The first kappa shape index (κ1) is 14.5. The maximum absolute atomic E-state index is 9.47. The minimum atomic E-state index is -0.138. The summed E-state index contributed by atoms with van der Waals surface area (Å²) in [5, 5.41) is 12.1. The van der Waals surface area contributed by atoms with Gasteiger partial charge in [-0.15, -0.1) is 0 Å². The smallest absolute Gasteiger partial charge is 0.0679 e. The van der Waals surface area contributed by atoms with Crippen molar-refractivity contribution in [1.29, 1.82) is 0 Å². The zero-order valence-corrected chi connectivity index (χ0v) is 12.4. The lowest BCUT2D eigenvalue weighted by Crippen LogP contribution is -2.26. The highest BCUT2D eigenvalue weighted by molar-refractivity contribution is 5.85. The molecule has 2 aromatic rings. The normalized spacial score (nSPS) is 19.4. The molecule has 0 aliphatic carbocycles. The molecule has 0 radical (unpaired) electrons. The van der Waals surface area contributed by atoms with E-state index < -0.39 is 0 Å². The van der Waals surface area contributed by atoms with Crippen LogP contribution in [0.25, 0.3) is 10.8 Å². The van der Waals surface area contributed by atoms with Crippen LogP contribution in [-0.4, -0.2) is 49.0 Å². The maximum atomic E-state index is 9.47. The number of β-amino-alcohol motifs (C(OH)–C–C–N with tert-alkyl or cyclic N) is 1. The van der Waals surface area contributed by atoms with E-state index in [2.05, 4.69) is 47.4 Å². The fourth-order valence-electron chi connectivity index (χ4n) is 3.00. The summed E-state index contributed by atoms with van der Waals surface area (Å²) in [5.41, 5.74) is 1.35. The molecule has 1 aliphatic rings. The predicted molar refractivity (Wildman–Crippen MR) is 85.5 cm³/mol. The molecular weight excluding hydrogens is 262 g/mol. The zero-order chi connectivity index (χ0) is 14.5. The Bertz CT molecular complexity index is 579. The number of likely N-dealkylation sites (tertiary alicyclic amines) is 1. The minimum absolute atomic E-state index is 0.138. The fraction of sp³-hybridized carbons (Fsp3) is 0.444. The van der Waals surface area contributed by atoms with E-state index in [-0.39, 0.29) is 6.10 Å². The molecule has 1 heterocycles. The van der Waals surface area contributed by atoms with Gasteiger partial charge in [-0.25, -0.2) is 0 Å². The quantitative estimate of drug-likeness (QED) is 0.828. The van der Waals surface area contributed by atoms with Crippen LogP contribution >= 0.6 is 0 Å². The van der Waals surface area contributed by atoms with E-state index in [4.69, 9.17) is 4.74 Å². The second-order valence-electron chi connectivity index (χ2n) is 5.74. The molecule has 3 rings (SSSR count). The lowest BCUT2D eigenvalue weighted by Gasteiger charge is -2.14. The van der Waals surface area contributed by atoms with Gasteiger partial charge in [-0.2, -0.15) is 0 Å². The lowest BCUT2D eigenvalue weighted by atomic mass is 10.0. The molecule has 0 saturated carbocycles. The third-order valence-electron chi connectivity index (χ3n) is 4.20.